The molecule has 0 aliphatic carbocycles. The molecule has 0 unspecified atom stereocenters. The number of fused-ring (bicyclic) bond motifs is 2. The molecule has 0 aliphatic rings. The van der Waals surface area contributed by atoms with E-state index >= 15 is 0 Å². The van der Waals surface area contributed by atoms with E-state index in [0.717, 1.165) is 33.3 Å². The Morgan fingerprint density at radius 3 is 3.00 bits per heavy atom. The van der Waals surface area contributed by atoms with E-state index in [9.17, 15) is 0 Å². The lowest BCUT2D eigenvalue weighted by molar-refractivity contribution is 0.408. The SMILES string of the molecule is COc1cc(C)c2[nH]ccc2c1Cn1cc2ncc(C#N)cc2n1. The number of aromatic amines is 1. The number of aryl methyl sites for hydroxylation is 1. The van der Waals surface area contributed by atoms with E-state index in [4.69, 9.17) is 10.00 Å². The normalized spacial score (nSPS) is 11.0. The van der Waals surface area contributed by atoms with Crippen molar-refractivity contribution in [1.29, 1.82) is 5.26 Å². The Hall–Kier alpha value is -3.33. The lowest BCUT2D eigenvalue weighted by Crippen LogP contribution is -2.03. The van der Waals surface area contributed by atoms with Crippen molar-refractivity contribution in [2.75, 3.05) is 7.11 Å². The first-order chi connectivity index (χ1) is 11.7. The zero-order valence-corrected chi connectivity index (χ0v) is 13.4. The quantitative estimate of drug-likeness (QED) is 0.629. The van der Waals surface area contributed by atoms with Crippen molar-refractivity contribution in [2.45, 2.75) is 13.5 Å². The fraction of sp³-hybridized carbons (Fsp3) is 0.167. The molecule has 1 N–H and O–H groups in total. The lowest BCUT2D eigenvalue weighted by atomic mass is 10.0. The fourth-order valence-electron chi connectivity index (χ4n) is 3.04. The number of benzene rings is 1. The third-order valence-electron chi connectivity index (χ3n) is 4.19. The number of H-pyrrole nitrogens is 1. The topological polar surface area (TPSA) is 79.5 Å². The third-order valence-corrected chi connectivity index (χ3v) is 4.19. The van der Waals surface area contributed by atoms with Crippen LogP contribution >= 0.6 is 0 Å². The van der Waals surface area contributed by atoms with Crippen molar-refractivity contribution >= 4 is 21.9 Å². The number of hydrogen-bond acceptors (Lipinski definition) is 4. The molecule has 6 heteroatoms. The summed E-state index contributed by atoms with van der Waals surface area (Å²) in [4.78, 5) is 7.55. The number of nitrogens with one attached hydrogen (secondary N) is 1. The molecule has 0 radical (unpaired) electrons. The van der Waals surface area contributed by atoms with Gasteiger partial charge in [-0.1, -0.05) is 0 Å². The van der Waals surface area contributed by atoms with Crippen LogP contribution in [0.1, 0.15) is 16.7 Å². The van der Waals surface area contributed by atoms with Gasteiger partial charge < -0.3 is 9.72 Å². The van der Waals surface area contributed by atoms with Crippen molar-refractivity contribution < 1.29 is 4.74 Å². The molecule has 0 saturated heterocycles. The average Bonchev–Trinajstić information content (AvgIpc) is 3.22. The molecule has 6 nitrogen and oxygen atoms in total. The highest BCUT2D eigenvalue weighted by molar-refractivity contribution is 5.88. The van der Waals surface area contributed by atoms with Crippen LogP contribution in [0.15, 0.2) is 36.8 Å². The molecule has 4 rings (SSSR count). The summed E-state index contributed by atoms with van der Waals surface area (Å²) >= 11 is 0. The van der Waals surface area contributed by atoms with Gasteiger partial charge in [-0.05, 0) is 30.7 Å². The number of nitriles is 1. The third kappa shape index (κ3) is 2.18. The van der Waals surface area contributed by atoms with Crippen molar-refractivity contribution in [2.24, 2.45) is 0 Å². The van der Waals surface area contributed by atoms with Crippen molar-refractivity contribution in [3.63, 3.8) is 0 Å². The van der Waals surface area contributed by atoms with Gasteiger partial charge in [-0.2, -0.15) is 10.4 Å². The molecule has 0 saturated carbocycles. The number of nitrogens with zero attached hydrogens (tertiary/aromatic N) is 4. The van der Waals surface area contributed by atoms with E-state index in [2.05, 4.69) is 34.1 Å². The molecule has 0 fully saturated rings. The second-order valence-corrected chi connectivity index (χ2v) is 5.71. The van der Waals surface area contributed by atoms with Crippen LogP contribution in [-0.4, -0.2) is 26.9 Å². The number of methoxy groups -OCH3 is 1. The summed E-state index contributed by atoms with van der Waals surface area (Å²) in [6.07, 6.45) is 5.38. The summed E-state index contributed by atoms with van der Waals surface area (Å²) in [5, 5.41) is 14.6. The molecule has 24 heavy (non-hydrogen) atoms. The Bertz CT molecular complexity index is 1100. The molecule has 0 amide bonds. The van der Waals surface area contributed by atoms with Gasteiger partial charge in [-0.3, -0.25) is 9.67 Å². The molecule has 4 aromatic rings. The van der Waals surface area contributed by atoms with Gasteiger partial charge in [0.25, 0.3) is 0 Å². The first-order valence-corrected chi connectivity index (χ1v) is 7.56. The van der Waals surface area contributed by atoms with Crippen LogP contribution in [0, 0.1) is 18.3 Å². The highest BCUT2D eigenvalue weighted by Crippen LogP contribution is 2.31. The van der Waals surface area contributed by atoms with E-state index in [1.54, 1.807) is 19.4 Å². The molecule has 3 aromatic heterocycles. The number of pyridine rings is 1. The molecular formula is C18H15N5O. The zero-order chi connectivity index (χ0) is 16.7. The first kappa shape index (κ1) is 14.3. The molecule has 3 heterocycles. The average molecular weight is 317 g/mol. The summed E-state index contributed by atoms with van der Waals surface area (Å²) in [6.45, 7) is 2.62. The van der Waals surface area contributed by atoms with Crippen LogP contribution in [0.5, 0.6) is 5.75 Å². The maximum atomic E-state index is 8.98. The van der Waals surface area contributed by atoms with Crippen LogP contribution in [0.2, 0.25) is 0 Å². The molecule has 0 atom stereocenters. The van der Waals surface area contributed by atoms with Crippen LogP contribution < -0.4 is 4.74 Å². The predicted octanol–water partition coefficient (Wildman–Crippen LogP) is 3.15. The van der Waals surface area contributed by atoms with E-state index in [-0.39, 0.29) is 0 Å². The largest absolute Gasteiger partial charge is 0.496 e. The minimum atomic E-state index is 0.508. The van der Waals surface area contributed by atoms with Gasteiger partial charge in [-0.15, -0.1) is 0 Å². The maximum Gasteiger partial charge on any atom is 0.124 e. The second kappa shape index (κ2) is 5.39. The minimum Gasteiger partial charge on any atom is -0.496 e. The highest BCUT2D eigenvalue weighted by atomic mass is 16.5. The Morgan fingerprint density at radius 2 is 2.21 bits per heavy atom. The van der Waals surface area contributed by atoms with Gasteiger partial charge in [0.2, 0.25) is 0 Å². The number of rotatable bonds is 3. The van der Waals surface area contributed by atoms with Crippen molar-refractivity contribution in [1.82, 2.24) is 19.7 Å². The summed E-state index contributed by atoms with van der Waals surface area (Å²) < 4.78 is 7.40. The van der Waals surface area contributed by atoms with Gasteiger partial charge in [0.15, 0.2) is 0 Å². The smallest absolute Gasteiger partial charge is 0.124 e. The maximum absolute atomic E-state index is 8.98. The molecule has 118 valence electrons. The molecular weight excluding hydrogens is 302 g/mol. The number of aromatic nitrogens is 4. The Balaban J connectivity index is 1.83. The molecule has 0 bridgehead atoms. The number of ether oxygens (including phenoxy) is 1. The number of hydrogen-bond donors (Lipinski definition) is 1. The van der Waals surface area contributed by atoms with Gasteiger partial charge in [0.05, 0.1) is 25.4 Å². The van der Waals surface area contributed by atoms with Gasteiger partial charge in [0, 0.05) is 28.9 Å². The Labute approximate surface area is 138 Å². The van der Waals surface area contributed by atoms with Crippen LogP contribution in [0.25, 0.3) is 21.9 Å². The highest BCUT2D eigenvalue weighted by Gasteiger charge is 2.13. The lowest BCUT2D eigenvalue weighted by Gasteiger charge is -2.12. The molecule has 0 spiro atoms. The van der Waals surface area contributed by atoms with Gasteiger partial charge in [-0.25, -0.2) is 0 Å². The van der Waals surface area contributed by atoms with E-state index < -0.39 is 0 Å². The monoisotopic (exact) mass is 317 g/mol. The van der Waals surface area contributed by atoms with E-state index in [0.29, 0.717) is 17.6 Å². The first-order valence-electron chi connectivity index (χ1n) is 7.56. The van der Waals surface area contributed by atoms with Gasteiger partial charge >= 0.3 is 0 Å². The Morgan fingerprint density at radius 1 is 1.33 bits per heavy atom. The van der Waals surface area contributed by atoms with Crippen molar-refractivity contribution in [3.8, 4) is 11.8 Å². The summed E-state index contributed by atoms with van der Waals surface area (Å²) in [7, 11) is 1.68. The Kier molecular flexibility index (Phi) is 3.21. The molecule has 1 aromatic carbocycles. The fourth-order valence-corrected chi connectivity index (χ4v) is 3.04. The molecule has 0 aliphatic heterocycles. The summed E-state index contributed by atoms with van der Waals surface area (Å²) in [5.74, 6) is 0.838. The van der Waals surface area contributed by atoms with Crippen LogP contribution in [0.4, 0.5) is 0 Å². The second-order valence-electron chi connectivity index (χ2n) is 5.71. The zero-order valence-electron chi connectivity index (χ0n) is 13.4. The van der Waals surface area contributed by atoms with Crippen molar-refractivity contribution in [3.05, 3.63) is 53.5 Å². The van der Waals surface area contributed by atoms with Gasteiger partial charge in [0.1, 0.15) is 22.9 Å². The van der Waals surface area contributed by atoms with Crippen LogP contribution in [-0.2, 0) is 6.54 Å². The van der Waals surface area contributed by atoms with E-state index in [1.165, 1.54) is 0 Å². The minimum absolute atomic E-state index is 0.508. The van der Waals surface area contributed by atoms with Crippen LogP contribution in [0.3, 0.4) is 0 Å². The predicted molar refractivity (Wildman–Crippen MR) is 90.9 cm³/mol. The summed E-state index contributed by atoms with van der Waals surface area (Å²) in [5.41, 5.74) is 5.30. The summed E-state index contributed by atoms with van der Waals surface area (Å²) in [6, 6.07) is 7.92. The van der Waals surface area contributed by atoms with E-state index in [1.807, 2.05) is 23.1 Å². The standard InChI is InChI=1S/C18H15N5O/c1-11-5-17(24-2)14(13-3-4-20-18(11)13)9-23-10-16-15(22-23)6-12(7-19)8-21-16/h3-6,8,10,20H,9H2,1-2H3.